The number of urea groups is 1. The molecule has 4 rings (SSSR count). The number of piperazine rings is 1. The van der Waals surface area contributed by atoms with Crippen molar-refractivity contribution < 1.29 is 9.90 Å². The quantitative estimate of drug-likeness (QED) is 0.856. The van der Waals surface area contributed by atoms with Crippen LogP contribution in [-0.4, -0.2) is 72.3 Å². The van der Waals surface area contributed by atoms with E-state index in [9.17, 15) is 9.90 Å². The largest absolute Gasteiger partial charge is 0.506 e. The Labute approximate surface area is 162 Å². The number of rotatable bonds is 3. The van der Waals surface area contributed by atoms with Gasteiger partial charge in [-0.2, -0.15) is 0 Å². The fraction of sp³-hybridized carbons (Fsp3) is 0.667. The van der Waals surface area contributed by atoms with Crippen LogP contribution in [0.3, 0.4) is 0 Å². The minimum absolute atomic E-state index is 0.0743. The van der Waals surface area contributed by atoms with Gasteiger partial charge in [-0.3, -0.25) is 4.90 Å². The van der Waals surface area contributed by atoms with Crippen molar-refractivity contribution in [2.45, 2.75) is 50.6 Å². The minimum atomic E-state index is 0.0743. The van der Waals surface area contributed by atoms with Gasteiger partial charge in [0.2, 0.25) is 0 Å². The second-order valence-electron chi connectivity index (χ2n) is 8.18. The second-order valence-corrected chi connectivity index (χ2v) is 8.18. The van der Waals surface area contributed by atoms with Crippen molar-refractivity contribution >= 4 is 11.7 Å². The highest BCUT2D eigenvalue weighted by Crippen LogP contribution is 2.28. The summed E-state index contributed by atoms with van der Waals surface area (Å²) < 4.78 is 0. The van der Waals surface area contributed by atoms with Crippen LogP contribution in [0, 0.1) is 0 Å². The van der Waals surface area contributed by atoms with Gasteiger partial charge in [-0.05, 0) is 44.4 Å². The molecule has 0 aromatic heterocycles. The first kappa shape index (κ1) is 18.4. The van der Waals surface area contributed by atoms with Crippen LogP contribution in [0.5, 0.6) is 5.75 Å². The molecule has 3 fully saturated rings. The Hall–Kier alpha value is -1.95. The normalized spacial score (nSPS) is 25.0. The molecular formula is C21H32N4O2. The predicted octanol–water partition coefficient (Wildman–Crippen LogP) is 2.63. The van der Waals surface area contributed by atoms with Gasteiger partial charge in [0.15, 0.2) is 0 Å². The average molecular weight is 373 g/mol. The number of nitrogens with zero attached hydrogens (tertiary/aromatic N) is 3. The molecule has 3 aliphatic rings. The molecule has 2 N–H and O–H groups in total. The number of benzene rings is 1. The van der Waals surface area contributed by atoms with Crippen LogP contribution in [0.25, 0.3) is 0 Å². The fourth-order valence-corrected chi connectivity index (χ4v) is 4.87. The number of para-hydroxylation sites is 2. The van der Waals surface area contributed by atoms with Crippen molar-refractivity contribution in [3.05, 3.63) is 24.3 Å². The van der Waals surface area contributed by atoms with Crippen LogP contribution >= 0.6 is 0 Å². The van der Waals surface area contributed by atoms with E-state index in [1.807, 2.05) is 23.1 Å². The van der Waals surface area contributed by atoms with Crippen LogP contribution in [0.4, 0.5) is 10.5 Å². The number of anilines is 1. The maximum atomic E-state index is 12.7. The van der Waals surface area contributed by atoms with E-state index in [2.05, 4.69) is 15.1 Å². The topological polar surface area (TPSA) is 59.1 Å². The second kappa shape index (κ2) is 8.38. The molecule has 1 aromatic carbocycles. The first-order valence-electron chi connectivity index (χ1n) is 10.5. The molecule has 2 heterocycles. The third kappa shape index (κ3) is 4.32. The van der Waals surface area contributed by atoms with Crippen LogP contribution < -0.4 is 10.2 Å². The molecule has 6 heteroatoms. The Kier molecular flexibility index (Phi) is 5.72. The van der Waals surface area contributed by atoms with Crippen LogP contribution in [0.2, 0.25) is 0 Å². The summed E-state index contributed by atoms with van der Waals surface area (Å²) in [6.07, 6.45) is 7.65. The lowest BCUT2D eigenvalue weighted by Gasteiger charge is -2.39. The summed E-state index contributed by atoms with van der Waals surface area (Å²) in [5.41, 5.74) is 0.858. The maximum Gasteiger partial charge on any atom is 0.317 e. The molecule has 2 saturated heterocycles. The smallest absolute Gasteiger partial charge is 0.317 e. The van der Waals surface area contributed by atoms with E-state index in [4.69, 9.17) is 0 Å². The summed E-state index contributed by atoms with van der Waals surface area (Å²) in [6, 6.07) is 8.52. The summed E-state index contributed by atoms with van der Waals surface area (Å²) in [5.74, 6) is 0.310. The van der Waals surface area contributed by atoms with Gasteiger partial charge >= 0.3 is 6.03 Å². The highest BCUT2D eigenvalue weighted by Gasteiger charge is 2.30. The maximum absolute atomic E-state index is 12.7. The number of phenolic OH excluding ortho intramolecular Hbond substituents is 1. The standard InChI is InChI=1S/C21H32N4O2/c26-20-10-4-3-9-19(20)23-12-14-24(15-13-23)21(27)22-17-6-5-11-25(16-17)18-7-1-2-8-18/h3-4,9-10,17-18,26H,1-2,5-8,11-16H2,(H,22,27). The third-order valence-electron chi connectivity index (χ3n) is 6.41. The SMILES string of the molecule is O=C(NC1CCCN(C2CCCC2)C1)N1CCN(c2ccccc2O)CC1. The van der Waals surface area contributed by atoms with Gasteiger partial charge in [0.1, 0.15) is 5.75 Å². The number of aromatic hydroxyl groups is 1. The van der Waals surface area contributed by atoms with E-state index in [1.165, 1.54) is 38.6 Å². The van der Waals surface area contributed by atoms with Crippen molar-refractivity contribution in [1.29, 1.82) is 0 Å². The van der Waals surface area contributed by atoms with Gasteiger partial charge in [-0.15, -0.1) is 0 Å². The minimum Gasteiger partial charge on any atom is -0.506 e. The van der Waals surface area contributed by atoms with Gasteiger partial charge in [0.05, 0.1) is 5.69 Å². The number of carbonyl (C=O) groups excluding carboxylic acids is 1. The molecule has 6 nitrogen and oxygen atoms in total. The molecule has 2 aliphatic heterocycles. The Morgan fingerprint density at radius 3 is 2.44 bits per heavy atom. The molecule has 1 saturated carbocycles. The summed E-state index contributed by atoms with van der Waals surface area (Å²) in [5, 5.41) is 13.3. The van der Waals surface area contributed by atoms with Crippen LogP contribution in [-0.2, 0) is 0 Å². The molecular weight excluding hydrogens is 340 g/mol. The van der Waals surface area contributed by atoms with Gasteiger partial charge in [0.25, 0.3) is 0 Å². The number of phenols is 1. The summed E-state index contributed by atoms with van der Waals surface area (Å²) in [4.78, 5) is 19.4. The van der Waals surface area contributed by atoms with Gasteiger partial charge in [-0.25, -0.2) is 4.79 Å². The molecule has 0 spiro atoms. The highest BCUT2D eigenvalue weighted by molar-refractivity contribution is 5.75. The number of nitrogens with one attached hydrogen (secondary N) is 1. The summed E-state index contributed by atoms with van der Waals surface area (Å²) in [6.45, 7) is 5.09. The van der Waals surface area contributed by atoms with Crippen molar-refractivity contribution in [2.24, 2.45) is 0 Å². The van der Waals surface area contributed by atoms with E-state index in [-0.39, 0.29) is 12.1 Å². The van der Waals surface area contributed by atoms with E-state index >= 15 is 0 Å². The summed E-state index contributed by atoms with van der Waals surface area (Å²) in [7, 11) is 0. The molecule has 27 heavy (non-hydrogen) atoms. The number of hydrogen-bond acceptors (Lipinski definition) is 4. The Morgan fingerprint density at radius 1 is 0.963 bits per heavy atom. The Morgan fingerprint density at radius 2 is 1.70 bits per heavy atom. The molecule has 1 atom stereocenters. The number of carbonyl (C=O) groups is 1. The Bertz CT molecular complexity index is 639. The predicted molar refractivity (Wildman–Crippen MR) is 107 cm³/mol. The van der Waals surface area contributed by atoms with E-state index in [0.29, 0.717) is 18.8 Å². The van der Waals surface area contributed by atoms with Crippen LogP contribution in [0.15, 0.2) is 24.3 Å². The van der Waals surface area contributed by atoms with E-state index < -0.39 is 0 Å². The van der Waals surface area contributed by atoms with E-state index in [1.54, 1.807) is 6.07 Å². The number of hydrogen-bond donors (Lipinski definition) is 2. The zero-order chi connectivity index (χ0) is 18.6. The van der Waals surface area contributed by atoms with Gasteiger partial charge in [-0.1, -0.05) is 25.0 Å². The van der Waals surface area contributed by atoms with Crippen LogP contribution in [0.1, 0.15) is 38.5 Å². The molecule has 148 valence electrons. The molecule has 1 aliphatic carbocycles. The number of likely N-dealkylation sites (tertiary alicyclic amines) is 1. The van der Waals surface area contributed by atoms with Crippen molar-refractivity contribution in [3.63, 3.8) is 0 Å². The zero-order valence-electron chi connectivity index (χ0n) is 16.1. The summed E-state index contributed by atoms with van der Waals surface area (Å²) >= 11 is 0. The Balaban J connectivity index is 1.26. The van der Waals surface area contributed by atoms with E-state index in [0.717, 1.165) is 37.8 Å². The fourth-order valence-electron chi connectivity index (χ4n) is 4.87. The molecule has 0 bridgehead atoms. The third-order valence-corrected chi connectivity index (χ3v) is 6.41. The number of amides is 2. The van der Waals surface area contributed by atoms with Gasteiger partial charge in [0, 0.05) is 44.8 Å². The lowest BCUT2D eigenvalue weighted by Crippen LogP contribution is -2.56. The average Bonchev–Trinajstić information content (AvgIpc) is 3.24. The number of piperidine rings is 1. The lowest BCUT2D eigenvalue weighted by atomic mass is 10.0. The molecule has 0 radical (unpaired) electrons. The van der Waals surface area contributed by atoms with Gasteiger partial charge < -0.3 is 20.2 Å². The van der Waals surface area contributed by atoms with Crippen molar-refractivity contribution in [2.75, 3.05) is 44.2 Å². The molecule has 1 unspecified atom stereocenters. The first-order valence-corrected chi connectivity index (χ1v) is 10.5. The lowest BCUT2D eigenvalue weighted by molar-refractivity contribution is 0.133. The molecule has 1 aromatic rings. The molecule has 2 amide bonds. The van der Waals surface area contributed by atoms with Crippen molar-refractivity contribution in [3.8, 4) is 5.75 Å². The monoisotopic (exact) mass is 372 g/mol. The highest BCUT2D eigenvalue weighted by atomic mass is 16.3. The zero-order valence-corrected chi connectivity index (χ0v) is 16.1. The van der Waals surface area contributed by atoms with Crippen molar-refractivity contribution in [1.82, 2.24) is 15.1 Å². The first-order chi connectivity index (χ1) is 13.2.